The predicted molar refractivity (Wildman–Crippen MR) is 94.4 cm³/mol. The highest BCUT2D eigenvalue weighted by atomic mass is 16.5. The monoisotopic (exact) mass is 342 g/mol. The fourth-order valence-corrected chi connectivity index (χ4v) is 3.47. The van der Waals surface area contributed by atoms with Crippen molar-refractivity contribution in [2.75, 3.05) is 19.8 Å². The van der Waals surface area contributed by atoms with Crippen LogP contribution < -0.4 is 10.6 Å². The molecule has 0 radical (unpaired) electrons. The Morgan fingerprint density at radius 3 is 3.20 bits per heavy atom. The molecule has 3 aromatic heterocycles. The molecule has 3 aromatic rings. The molecular formula is C17H22N6O2. The number of H-pyrrole nitrogens is 1. The topological polar surface area (TPSA) is 96.9 Å². The number of amides is 2. The first-order valence-corrected chi connectivity index (χ1v) is 8.70. The van der Waals surface area contributed by atoms with Crippen molar-refractivity contribution >= 4 is 28.1 Å². The highest BCUT2D eigenvalue weighted by Crippen LogP contribution is 2.30. The number of imidazole rings is 1. The fourth-order valence-electron chi connectivity index (χ4n) is 3.47. The summed E-state index contributed by atoms with van der Waals surface area (Å²) < 4.78 is 7.92. The first kappa shape index (κ1) is 15.9. The number of aromatic amines is 1. The van der Waals surface area contributed by atoms with Gasteiger partial charge in [-0.1, -0.05) is 0 Å². The van der Waals surface area contributed by atoms with Gasteiger partial charge < -0.3 is 24.9 Å². The van der Waals surface area contributed by atoms with Crippen LogP contribution in [-0.4, -0.2) is 45.3 Å². The highest BCUT2D eigenvalue weighted by molar-refractivity contribution is 6.01. The molecule has 1 saturated heterocycles. The first-order valence-electron chi connectivity index (χ1n) is 8.70. The molecule has 0 aromatic carbocycles. The maximum Gasteiger partial charge on any atom is 0.315 e. The molecule has 1 fully saturated rings. The van der Waals surface area contributed by atoms with Crippen molar-refractivity contribution in [2.24, 2.45) is 0 Å². The Labute approximate surface area is 145 Å². The van der Waals surface area contributed by atoms with Crippen molar-refractivity contribution in [1.82, 2.24) is 30.2 Å². The number of carbonyl (C=O) groups excluding carboxylic acids is 1. The van der Waals surface area contributed by atoms with Crippen LogP contribution >= 0.6 is 0 Å². The number of urea groups is 1. The summed E-state index contributed by atoms with van der Waals surface area (Å²) in [5.41, 5.74) is 2.73. The molecule has 4 heterocycles. The average Bonchev–Trinajstić information content (AvgIpc) is 3.24. The van der Waals surface area contributed by atoms with Crippen molar-refractivity contribution in [3.05, 3.63) is 24.3 Å². The van der Waals surface area contributed by atoms with E-state index in [1.165, 1.54) is 0 Å². The van der Waals surface area contributed by atoms with E-state index in [1.54, 1.807) is 6.20 Å². The molecule has 0 spiro atoms. The summed E-state index contributed by atoms with van der Waals surface area (Å²) in [4.78, 5) is 24.1. The molecule has 8 nitrogen and oxygen atoms in total. The third kappa shape index (κ3) is 2.93. The largest absolute Gasteiger partial charge is 0.379 e. The molecular weight excluding hydrogens is 320 g/mol. The molecule has 0 saturated carbocycles. The van der Waals surface area contributed by atoms with Gasteiger partial charge >= 0.3 is 6.03 Å². The lowest BCUT2D eigenvalue weighted by Crippen LogP contribution is -2.36. The lowest BCUT2D eigenvalue weighted by molar-refractivity contribution is 0.0595. The van der Waals surface area contributed by atoms with Crippen molar-refractivity contribution in [3.8, 4) is 0 Å². The number of carbonyl (C=O) groups is 1. The Hall–Kier alpha value is -2.61. The summed E-state index contributed by atoms with van der Waals surface area (Å²) in [6.07, 6.45) is 5.73. The van der Waals surface area contributed by atoms with E-state index in [0.29, 0.717) is 19.7 Å². The zero-order chi connectivity index (χ0) is 17.2. The minimum absolute atomic E-state index is 0.189. The summed E-state index contributed by atoms with van der Waals surface area (Å²) in [7, 11) is 0. The number of nitrogens with zero attached hydrogens (tertiary/aromatic N) is 3. The van der Waals surface area contributed by atoms with Crippen LogP contribution in [0.4, 0.5) is 4.79 Å². The van der Waals surface area contributed by atoms with Gasteiger partial charge in [-0.15, -0.1) is 0 Å². The molecule has 2 amide bonds. The maximum absolute atomic E-state index is 11.8. The standard InChI is InChI=1S/C17H22N6O2/c1-2-18-17(24)21-9-14-22-13-8-20-16-12(5-6-19-16)15(13)23(14)11-4-3-7-25-10-11/h5-6,8,11H,2-4,7,9-10H2,1H3,(H,19,20)(H2,18,21,24)/t11-/m0/s1. The Balaban J connectivity index is 1.78. The van der Waals surface area contributed by atoms with Gasteiger partial charge in [0.15, 0.2) is 0 Å². The van der Waals surface area contributed by atoms with Crippen LogP contribution in [0.2, 0.25) is 0 Å². The molecule has 0 bridgehead atoms. The molecule has 1 aliphatic rings. The van der Waals surface area contributed by atoms with Gasteiger partial charge in [0.25, 0.3) is 0 Å². The van der Waals surface area contributed by atoms with Crippen LogP contribution in [0.15, 0.2) is 18.5 Å². The molecule has 0 aliphatic carbocycles. The number of hydrogen-bond acceptors (Lipinski definition) is 4. The first-order chi connectivity index (χ1) is 12.3. The number of pyridine rings is 1. The van der Waals surface area contributed by atoms with E-state index in [-0.39, 0.29) is 12.1 Å². The Morgan fingerprint density at radius 1 is 1.48 bits per heavy atom. The van der Waals surface area contributed by atoms with Gasteiger partial charge in [0.1, 0.15) is 17.0 Å². The summed E-state index contributed by atoms with van der Waals surface area (Å²) in [6.45, 7) is 4.31. The van der Waals surface area contributed by atoms with E-state index in [1.807, 2.05) is 19.2 Å². The third-order valence-corrected chi connectivity index (χ3v) is 4.55. The molecule has 0 unspecified atom stereocenters. The van der Waals surface area contributed by atoms with E-state index in [2.05, 4.69) is 25.2 Å². The Kier molecular flexibility index (Phi) is 4.27. The van der Waals surface area contributed by atoms with Gasteiger partial charge in [0, 0.05) is 24.7 Å². The van der Waals surface area contributed by atoms with Crippen LogP contribution in [0.5, 0.6) is 0 Å². The van der Waals surface area contributed by atoms with Crippen molar-refractivity contribution in [1.29, 1.82) is 0 Å². The predicted octanol–water partition coefficient (Wildman–Crippen LogP) is 2.08. The number of fused-ring (bicyclic) bond motifs is 3. The molecule has 1 atom stereocenters. The van der Waals surface area contributed by atoms with Crippen molar-refractivity contribution in [3.63, 3.8) is 0 Å². The SMILES string of the molecule is CCNC(=O)NCc1nc2cnc3[nH]ccc3c2n1[C@H]1CCCOC1. The molecule has 1 aliphatic heterocycles. The van der Waals surface area contributed by atoms with Crippen molar-refractivity contribution in [2.45, 2.75) is 32.4 Å². The quantitative estimate of drug-likeness (QED) is 0.676. The Morgan fingerprint density at radius 2 is 2.40 bits per heavy atom. The summed E-state index contributed by atoms with van der Waals surface area (Å²) in [5.74, 6) is 0.826. The smallest absolute Gasteiger partial charge is 0.315 e. The lowest BCUT2D eigenvalue weighted by atomic mass is 10.1. The fraction of sp³-hybridized carbons (Fsp3) is 0.471. The molecule has 3 N–H and O–H groups in total. The number of aromatic nitrogens is 4. The van der Waals surface area contributed by atoms with Gasteiger partial charge in [-0.25, -0.2) is 14.8 Å². The van der Waals surface area contributed by atoms with E-state index >= 15 is 0 Å². The highest BCUT2D eigenvalue weighted by Gasteiger charge is 2.23. The molecule has 25 heavy (non-hydrogen) atoms. The van der Waals surface area contributed by atoms with E-state index in [9.17, 15) is 4.79 Å². The van der Waals surface area contributed by atoms with E-state index in [4.69, 9.17) is 9.72 Å². The van der Waals surface area contributed by atoms with Crippen LogP contribution in [0.1, 0.15) is 31.6 Å². The van der Waals surface area contributed by atoms with Gasteiger partial charge in [0.05, 0.1) is 30.9 Å². The summed E-state index contributed by atoms with van der Waals surface area (Å²) in [5, 5.41) is 6.67. The summed E-state index contributed by atoms with van der Waals surface area (Å²) >= 11 is 0. The van der Waals surface area contributed by atoms with Gasteiger partial charge in [0.2, 0.25) is 0 Å². The van der Waals surface area contributed by atoms with Gasteiger partial charge in [-0.3, -0.25) is 0 Å². The van der Waals surface area contributed by atoms with Crippen LogP contribution in [0.25, 0.3) is 22.1 Å². The lowest BCUT2D eigenvalue weighted by Gasteiger charge is -2.26. The second-order valence-corrected chi connectivity index (χ2v) is 6.21. The van der Waals surface area contributed by atoms with Gasteiger partial charge in [-0.2, -0.15) is 0 Å². The maximum atomic E-state index is 11.8. The summed E-state index contributed by atoms with van der Waals surface area (Å²) in [6, 6.07) is 2.05. The van der Waals surface area contributed by atoms with Crippen molar-refractivity contribution < 1.29 is 9.53 Å². The minimum atomic E-state index is -0.189. The Bertz CT molecular complexity index is 893. The number of nitrogens with one attached hydrogen (secondary N) is 3. The molecule has 8 heteroatoms. The van der Waals surface area contributed by atoms with Gasteiger partial charge in [-0.05, 0) is 25.8 Å². The normalized spacial score (nSPS) is 17.9. The van der Waals surface area contributed by atoms with Crippen LogP contribution in [-0.2, 0) is 11.3 Å². The minimum Gasteiger partial charge on any atom is -0.379 e. The van der Waals surface area contributed by atoms with Crippen LogP contribution in [0.3, 0.4) is 0 Å². The number of hydrogen-bond donors (Lipinski definition) is 3. The van der Waals surface area contributed by atoms with E-state index < -0.39 is 0 Å². The third-order valence-electron chi connectivity index (χ3n) is 4.55. The number of rotatable bonds is 4. The average molecular weight is 342 g/mol. The molecule has 4 rings (SSSR count). The second kappa shape index (κ2) is 6.72. The number of ether oxygens (including phenoxy) is 1. The zero-order valence-corrected chi connectivity index (χ0v) is 14.2. The van der Waals surface area contributed by atoms with Crippen LogP contribution in [0, 0.1) is 0 Å². The zero-order valence-electron chi connectivity index (χ0n) is 14.2. The molecule has 132 valence electrons. The van der Waals surface area contributed by atoms with E-state index in [0.717, 1.165) is 47.3 Å². The second-order valence-electron chi connectivity index (χ2n) is 6.21.